The van der Waals surface area contributed by atoms with Gasteiger partial charge in [-0.15, -0.1) is 11.3 Å². The lowest BCUT2D eigenvalue weighted by atomic mass is 9.97. The molecule has 0 unspecified atom stereocenters. The highest BCUT2D eigenvalue weighted by Gasteiger charge is 2.24. The molecule has 3 rings (SSSR count). The Kier molecular flexibility index (Phi) is 4.84. The van der Waals surface area contributed by atoms with Crippen molar-refractivity contribution >= 4 is 17.3 Å². The van der Waals surface area contributed by atoms with Gasteiger partial charge in [0.1, 0.15) is 5.82 Å². The molecule has 2 aromatic rings. The molecular weight excluding hydrogens is 300 g/mol. The van der Waals surface area contributed by atoms with Crippen molar-refractivity contribution in [2.45, 2.75) is 31.7 Å². The number of hydrogen-bond donors (Lipinski definition) is 1. The molecule has 0 radical (unpaired) electrons. The van der Waals surface area contributed by atoms with Crippen LogP contribution in [-0.4, -0.2) is 50.1 Å². The molecule has 0 aromatic carbocycles. The molecule has 0 aliphatic carbocycles. The standard InChI is InChI=1S/C15H20N4O2S/c20-14(21)3-6-18-5-1-2-12(8-18)15-16-4-7-19(15)9-13-10-22-11-17-13/h4,7,10-12H,1-3,5-6,8-9H2,(H,20,21)/t12-/m0/s1. The highest BCUT2D eigenvalue weighted by Crippen LogP contribution is 2.26. The summed E-state index contributed by atoms with van der Waals surface area (Å²) in [6.45, 7) is 3.25. The van der Waals surface area contributed by atoms with E-state index in [0.29, 0.717) is 12.5 Å². The molecule has 7 heteroatoms. The monoisotopic (exact) mass is 320 g/mol. The molecule has 1 fully saturated rings. The van der Waals surface area contributed by atoms with E-state index in [-0.39, 0.29) is 6.42 Å². The number of nitrogens with zero attached hydrogens (tertiary/aromatic N) is 4. The van der Waals surface area contributed by atoms with Gasteiger partial charge < -0.3 is 14.6 Å². The van der Waals surface area contributed by atoms with Crippen LogP contribution in [0.3, 0.4) is 0 Å². The second-order valence-electron chi connectivity index (χ2n) is 5.68. The van der Waals surface area contributed by atoms with Crippen molar-refractivity contribution in [2.75, 3.05) is 19.6 Å². The molecule has 118 valence electrons. The van der Waals surface area contributed by atoms with Crippen LogP contribution in [0.5, 0.6) is 0 Å². The van der Waals surface area contributed by atoms with Gasteiger partial charge in [-0.05, 0) is 19.4 Å². The minimum Gasteiger partial charge on any atom is -0.481 e. The van der Waals surface area contributed by atoms with Crippen molar-refractivity contribution in [3.8, 4) is 0 Å². The third-order valence-electron chi connectivity index (χ3n) is 4.08. The van der Waals surface area contributed by atoms with Crippen LogP contribution in [0.25, 0.3) is 0 Å². The summed E-state index contributed by atoms with van der Waals surface area (Å²) in [6.07, 6.45) is 6.26. The van der Waals surface area contributed by atoms with Gasteiger partial charge in [0, 0.05) is 36.8 Å². The Hall–Kier alpha value is -1.73. The summed E-state index contributed by atoms with van der Waals surface area (Å²) in [5.74, 6) is 0.733. The molecule has 3 heterocycles. The summed E-state index contributed by atoms with van der Waals surface area (Å²) in [5, 5.41) is 10.9. The second kappa shape index (κ2) is 7.02. The Morgan fingerprint density at radius 2 is 2.36 bits per heavy atom. The number of rotatable bonds is 6. The van der Waals surface area contributed by atoms with E-state index >= 15 is 0 Å². The molecule has 1 saturated heterocycles. The summed E-state index contributed by atoms with van der Waals surface area (Å²) in [7, 11) is 0. The largest absolute Gasteiger partial charge is 0.481 e. The first-order chi connectivity index (χ1) is 10.7. The summed E-state index contributed by atoms with van der Waals surface area (Å²) in [6, 6.07) is 0. The first kappa shape index (κ1) is 15.2. The van der Waals surface area contributed by atoms with Crippen LogP contribution in [0.4, 0.5) is 0 Å². The fourth-order valence-corrected chi connectivity index (χ4v) is 3.58. The summed E-state index contributed by atoms with van der Waals surface area (Å²) in [4.78, 5) is 21.9. The zero-order chi connectivity index (χ0) is 15.4. The quantitative estimate of drug-likeness (QED) is 0.882. The minimum absolute atomic E-state index is 0.208. The summed E-state index contributed by atoms with van der Waals surface area (Å²) in [5.41, 5.74) is 2.91. The van der Waals surface area contributed by atoms with E-state index in [4.69, 9.17) is 5.11 Å². The third-order valence-corrected chi connectivity index (χ3v) is 4.71. The lowest BCUT2D eigenvalue weighted by Gasteiger charge is -2.32. The number of hydrogen-bond acceptors (Lipinski definition) is 5. The minimum atomic E-state index is -0.729. The normalized spacial score (nSPS) is 19.4. The van der Waals surface area contributed by atoms with Crippen molar-refractivity contribution in [3.05, 3.63) is 34.8 Å². The van der Waals surface area contributed by atoms with Gasteiger partial charge in [-0.2, -0.15) is 0 Å². The molecule has 6 nitrogen and oxygen atoms in total. The summed E-state index contributed by atoms with van der Waals surface area (Å²) < 4.78 is 2.17. The van der Waals surface area contributed by atoms with Crippen molar-refractivity contribution in [2.24, 2.45) is 0 Å². The van der Waals surface area contributed by atoms with Crippen molar-refractivity contribution in [1.82, 2.24) is 19.4 Å². The number of imidazole rings is 1. The predicted molar refractivity (Wildman–Crippen MR) is 84.1 cm³/mol. The van der Waals surface area contributed by atoms with Crippen molar-refractivity contribution < 1.29 is 9.90 Å². The SMILES string of the molecule is O=C(O)CCN1CCC[C@H](c2nccn2Cc2cscn2)C1. The van der Waals surface area contributed by atoms with Crippen molar-refractivity contribution in [3.63, 3.8) is 0 Å². The lowest BCUT2D eigenvalue weighted by molar-refractivity contribution is -0.137. The van der Waals surface area contributed by atoms with Gasteiger partial charge in [-0.25, -0.2) is 9.97 Å². The Bertz CT molecular complexity index is 611. The maximum absolute atomic E-state index is 10.7. The number of carboxylic acid groups (broad SMARTS) is 1. The van der Waals surface area contributed by atoms with Crippen molar-refractivity contribution in [1.29, 1.82) is 0 Å². The van der Waals surface area contributed by atoms with Gasteiger partial charge in [0.05, 0.1) is 24.2 Å². The predicted octanol–water partition coefficient (Wildman–Crippen LogP) is 2.04. The zero-order valence-corrected chi connectivity index (χ0v) is 13.2. The zero-order valence-electron chi connectivity index (χ0n) is 12.4. The molecule has 1 aliphatic heterocycles. The maximum Gasteiger partial charge on any atom is 0.304 e. The van der Waals surface area contributed by atoms with Gasteiger partial charge in [-0.3, -0.25) is 4.79 Å². The first-order valence-corrected chi connectivity index (χ1v) is 8.49. The highest BCUT2D eigenvalue weighted by molar-refractivity contribution is 7.07. The van der Waals surface area contributed by atoms with Crippen LogP contribution in [0.2, 0.25) is 0 Å². The van der Waals surface area contributed by atoms with E-state index < -0.39 is 5.97 Å². The molecule has 0 spiro atoms. The molecule has 0 amide bonds. The van der Waals surface area contributed by atoms with Crippen LogP contribution in [0.1, 0.15) is 36.7 Å². The van der Waals surface area contributed by atoms with Gasteiger partial charge >= 0.3 is 5.97 Å². The van der Waals surface area contributed by atoms with Gasteiger partial charge in [-0.1, -0.05) is 0 Å². The molecule has 2 aromatic heterocycles. The number of aliphatic carboxylic acids is 1. The van der Waals surface area contributed by atoms with Crippen LogP contribution in [0, 0.1) is 0 Å². The summed E-state index contributed by atoms with van der Waals surface area (Å²) >= 11 is 1.60. The number of likely N-dealkylation sites (tertiary alicyclic amines) is 1. The molecule has 0 saturated carbocycles. The number of aromatic nitrogens is 3. The fraction of sp³-hybridized carbons (Fsp3) is 0.533. The lowest BCUT2D eigenvalue weighted by Crippen LogP contribution is -2.36. The van der Waals surface area contributed by atoms with Crippen LogP contribution in [0.15, 0.2) is 23.3 Å². The van der Waals surface area contributed by atoms with Crippen LogP contribution >= 0.6 is 11.3 Å². The molecule has 1 N–H and O–H groups in total. The van der Waals surface area contributed by atoms with Gasteiger partial charge in [0.2, 0.25) is 0 Å². The Balaban J connectivity index is 1.66. The van der Waals surface area contributed by atoms with E-state index in [9.17, 15) is 4.79 Å². The molecule has 1 aliphatic rings. The molecular formula is C15H20N4O2S. The number of carbonyl (C=O) groups is 1. The number of thiazole rings is 1. The topological polar surface area (TPSA) is 71.2 Å². The second-order valence-corrected chi connectivity index (χ2v) is 6.40. The first-order valence-electron chi connectivity index (χ1n) is 7.54. The Morgan fingerprint density at radius 3 is 3.14 bits per heavy atom. The highest BCUT2D eigenvalue weighted by atomic mass is 32.1. The van der Waals surface area contributed by atoms with Crippen LogP contribution in [-0.2, 0) is 11.3 Å². The third kappa shape index (κ3) is 3.72. The van der Waals surface area contributed by atoms with E-state index in [0.717, 1.165) is 44.0 Å². The van der Waals surface area contributed by atoms with E-state index in [1.54, 1.807) is 11.3 Å². The molecule has 1 atom stereocenters. The van der Waals surface area contributed by atoms with Gasteiger partial charge in [0.25, 0.3) is 0 Å². The maximum atomic E-state index is 10.7. The number of piperidine rings is 1. The average Bonchev–Trinajstić information content (AvgIpc) is 3.18. The van der Waals surface area contributed by atoms with Crippen LogP contribution < -0.4 is 0 Å². The fourth-order valence-electron chi connectivity index (χ4n) is 3.03. The molecule has 0 bridgehead atoms. The Labute approximate surface area is 133 Å². The van der Waals surface area contributed by atoms with E-state index in [2.05, 4.69) is 24.8 Å². The Morgan fingerprint density at radius 1 is 1.45 bits per heavy atom. The smallest absolute Gasteiger partial charge is 0.304 e. The number of carboxylic acids is 1. The average molecular weight is 320 g/mol. The molecule has 22 heavy (non-hydrogen) atoms. The van der Waals surface area contributed by atoms with Gasteiger partial charge in [0.15, 0.2) is 0 Å². The van der Waals surface area contributed by atoms with E-state index in [1.807, 2.05) is 17.9 Å². The van der Waals surface area contributed by atoms with E-state index in [1.165, 1.54) is 0 Å².